The number of aryl methyl sites for hydroxylation is 2. The van der Waals surface area contributed by atoms with Crippen molar-refractivity contribution in [3.63, 3.8) is 0 Å². The Kier molecular flexibility index (Phi) is 5.74. The van der Waals surface area contributed by atoms with Gasteiger partial charge < -0.3 is 10.2 Å². The number of aromatic nitrogens is 2. The largest absolute Gasteiger partial charge is 0.330 e. The smallest absolute Gasteiger partial charge is 0.247 e. The van der Waals surface area contributed by atoms with Crippen molar-refractivity contribution in [2.24, 2.45) is 0 Å². The molecular formula is C21H26N4O2. The number of anilines is 1. The monoisotopic (exact) mass is 366 g/mol. The maximum atomic E-state index is 12.8. The number of nitrogens with zero attached hydrogens (tertiary/aromatic N) is 3. The van der Waals surface area contributed by atoms with Crippen molar-refractivity contribution < 1.29 is 9.59 Å². The van der Waals surface area contributed by atoms with Gasteiger partial charge in [0, 0.05) is 24.3 Å². The maximum Gasteiger partial charge on any atom is 0.247 e. The fourth-order valence-corrected chi connectivity index (χ4v) is 3.55. The number of carbonyl (C=O) groups is 2. The molecule has 6 heteroatoms. The summed E-state index contributed by atoms with van der Waals surface area (Å²) < 4.78 is 1.87. The summed E-state index contributed by atoms with van der Waals surface area (Å²) in [5.41, 5.74) is 3.68. The zero-order chi connectivity index (χ0) is 19.4. The van der Waals surface area contributed by atoms with Crippen LogP contribution in [0.4, 0.5) is 5.69 Å². The molecule has 142 valence electrons. The van der Waals surface area contributed by atoms with Gasteiger partial charge in [0.15, 0.2) is 0 Å². The molecule has 2 heterocycles. The van der Waals surface area contributed by atoms with Gasteiger partial charge in [-0.05, 0) is 63.4 Å². The van der Waals surface area contributed by atoms with Gasteiger partial charge in [-0.2, -0.15) is 5.10 Å². The fourth-order valence-electron chi connectivity index (χ4n) is 3.55. The molecule has 2 aromatic rings. The van der Waals surface area contributed by atoms with Crippen LogP contribution in [0, 0.1) is 13.8 Å². The average molecular weight is 366 g/mol. The molecule has 1 aliphatic heterocycles. The van der Waals surface area contributed by atoms with Crippen LogP contribution in [0.1, 0.15) is 37.1 Å². The van der Waals surface area contributed by atoms with Crippen LogP contribution >= 0.6 is 0 Å². The molecule has 3 rings (SSSR count). The molecule has 0 unspecified atom stereocenters. The highest BCUT2D eigenvalue weighted by molar-refractivity contribution is 5.97. The van der Waals surface area contributed by atoms with E-state index in [9.17, 15) is 9.59 Å². The summed E-state index contributed by atoms with van der Waals surface area (Å²) >= 11 is 0. The highest BCUT2D eigenvalue weighted by Crippen LogP contribution is 2.21. The molecule has 6 nitrogen and oxygen atoms in total. The number of rotatable bonds is 5. The van der Waals surface area contributed by atoms with Crippen molar-refractivity contribution >= 4 is 17.5 Å². The Bertz CT molecular complexity index is 838. The number of amides is 2. The molecular weight excluding hydrogens is 340 g/mol. The number of hydrogen-bond acceptors (Lipinski definition) is 3. The van der Waals surface area contributed by atoms with Crippen LogP contribution < -0.4 is 5.32 Å². The zero-order valence-electron chi connectivity index (χ0n) is 15.9. The third-order valence-corrected chi connectivity index (χ3v) is 4.83. The summed E-state index contributed by atoms with van der Waals surface area (Å²) in [7, 11) is 0. The lowest BCUT2D eigenvalue weighted by molar-refractivity contribution is -0.139. The van der Waals surface area contributed by atoms with Crippen LogP contribution in [0.3, 0.4) is 0 Å². The van der Waals surface area contributed by atoms with Crippen molar-refractivity contribution in [2.75, 3.05) is 11.9 Å². The lowest BCUT2D eigenvalue weighted by Crippen LogP contribution is -2.49. The van der Waals surface area contributed by atoms with E-state index < -0.39 is 6.04 Å². The first-order chi connectivity index (χ1) is 13.0. The Balaban J connectivity index is 1.70. The van der Waals surface area contributed by atoms with E-state index in [4.69, 9.17) is 0 Å². The van der Waals surface area contributed by atoms with Crippen LogP contribution in [-0.2, 0) is 9.59 Å². The van der Waals surface area contributed by atoms with Gasteiger partial charge >= 0.3 is 0 Å². The molecule has 0 radical (unpaired) electrons. The third kappa shape index (κ3) is 4.27. The fraction of sp³-hybridized carbons (Fsp3) is 0.381. The lowest BCUT2D eigenvalue weighted by Gasteiger charge is -2.34. The molecule has 0 aliphatic carbocycles. The van der Waals surface area contributed by atoms with Crippen molar-refractivity contribution in [1.29, 1.82) is 0 Å². The first-order valence-electron chi connectivity index (χ1n) is 9.34. The summed E-state index contributed by atoms with van der Waals surface area (Å²) in [6, 6.07) is 9.19. The van der Waals surface area contributed by atoms with Crippen LogP contribution in [-0.4, -0.2) is 39.1 Å². The van der Waals surface area contributed by atoms with Gasteiger partial charge in [0.05, 0.1) is 11.4 Å². The average Bonchev–Trinajstić information content (AvgIpc) is 3.00. The van der Waals surface area contributed by atoms with Crippen LogP contribution in [0.15, 0.2) is 43.0 Å². The van der Waals surface area contributed by atoms with Gasteiger partial charge in [0.25, 0.3) is 0 Å². The molecule has 1 fully saturated rings. The van der Waals surface area contributed by atoms with Gasteiger partial charge in [-0.25, -0.2) is 4.68 Å². The molecule has 0 saturated carbocycles. The zero-order valence-corrected chi connectivity index (χ0v) is 15.9. The van der Waals surface area contributed by atoms with Gasteiger partial charge in [-0.1, -0.05) is 6.08 Å². The van der Waals surface area contributed by atoms with E-state index in [0.29, 0.717) is 18.7 Å². The van der Waals surface area contributed by atoms with E-state index in [1.54, 1.807) is 11.0 Å². The SMILES string of the molecule is C=CCC(=O)N1CCCC[C@@H]1C(=O)Nc1ccc(-n2nc(C)cc2C)cc1. The molecule has 0 spiro atoms. The Morgan fingerprint density at radius 1 is 1.26 bits per heavy atom. The number of likely N-dealkylation sites (tertiary alicyclic amines) is 1. The molecule has 1 atom stereocenters. The number of carbonyl (C=O) groups excluding carboxylic acids is 2. The van der Waals surface area contributed by atoms with E-state index >= 15 is 0 Å². The summed E-state index contributed by atoms with van der Waals surface area (Å²) in [6.07, 6.45) is 4.43. The predicted octanol–water partition coefficient (Wildman–Crippen LogP) is 3.38. The quantitative estimate of drug-likeness (QED) is 0.825. The minimum Gasteiger partial charge on any atom is -0.330 e. The van der Waals surface area contributed by atoms with E-state index in [0.717, 1.165) is 29.9 Å². The number of piperidine rings is 1. The Morgan fingerprint density at radius 2 is 2.00 bits per heavy atom. The van der Waals surface area contributed by atoms with E-state index in [1.807, 2.05) is 48.9 Å². The summed E-state index contributed by atoms with van der Waals surface area (Å²) in [4.78, 5) is 26.7. The van der Waals surface area contributed by atoms with E-state index in [2.05, 4.69) is 17.0 Å². The highest BCUT2D eigenvalue weighted by atomic mass is 16.2. The van der Waals surface area contributed by atoms with Crippen molar-refractivity contribution in [2.45, 2.75) is 45.6 Å². The third-order valence-electron chi connectivity index (χ3n) is 4.83. The Labute approximate surface area is 159 Å². The molecule has 1 aromatic carbocycles. The number of benzene rings is 1. The minimum atomic E-state index is -0.415. The van der Waals surface area contributed by atoms with Crippen LogP contribution in [0.5, 0.6) is 0 Å². The first-order valence-corrected chi connectivity index (χ1v) is 9.34. The minimum absolute atomic E-state index is 0.0373. The van der Waals surface area contributed by atoms with Crippen LogP contribution in [0.25, 0.3) is 5.69 Å². The van der Waals surface area contributed by atoms with Gasteiger partial charge in [-0.3, -0.25) is 9.59 Å². The molecule has 27 heavy (non-hydrogen) atoms. The Hall–Kier alpha value is -2.89. The first kappa shape index (κ1) is 18.9. The molecule has 0 bridgehead atoms. The summed E-state index contributed by atoms with van der Waals surface area (Å²) in [5.74, 6) is -0.171. The van der Waals surface area contributed by atoms with Gasteiger partial charge in [-0.15, -0.1) is 6.58 Å². The lowest BCUT2D eigenvalue weighted by atomic mass is 10.0. The second kappa shape index (κ2) is 8.20. The predicted molar refractivity (Wildman–Crippen MR) is 106 cm³/mol. The van der Waals surface area contributed by atoms with Crippen molar-refractivity contribution in [1.82, 2.24) is 14.7 Å². The Morgan fingerprint density at radius 3 is 2.63 bits per heavy atom. The standard InChI is InChI=1S/C21H26N4O2/c1-4-7-20(26)24-13-6-5-8-19(24)21(27)22-17-9-11-18(12-10-17)25-16(3)14-15(2)23-25/h4,9-12,14,19H,1,5-8,13H2,2-3H3,(H,22,27)/t19-/m1/s1. The van der Waals surface area contributed by atoms with E-state index in [1.165, 1.54) is 0 Å². The number of nitrogens with one attached hydrogen (secondary N) is 1. The van der Waals surface area contributed by atoms with E-state index in [-0.39, 0.29) is 18.2 Å². The van der Waals surface area contributed by atoms with Gasteiger partial charge in [0.2, 0.25) is 11.8 Å². The molecule has 1 aromatic heterocycles. The van der Waals surface area contributed by atoms with Crippen LogP contribution in [0.2, 0.25) is 0 Å². The van der Waals surface area contributed by atoms with Crippen molar-refractivity contribution in [3.05, 3.63) is 54.4 Å². The summed E-state index contributed by atoms with van der Waals surface area (Å²) in [5, 5.41) is 7.42. The molecule has 2 amide bonds. The van der Waals surface area contributed by atoms with Gasteiger partial charge in [0.1, 0.15) is 6.04 Å². The molecule has 1 N–H and O–H groups in total. The summed E-state index contributed by atoms with van der Waals surface area (Å²) in [6.45, 7) is 8.21. The second-order valence-corrected chi connectivity index (χ2v) is 6.97. The highest BCUT2D eigenvalue weighted by Gasteiger charge is 2.31. The maximum absolute atomic E-state index is 12.8. The normalized spacial score (nSPS) is 16.8. The number of hydrogen-bond donors (Lipinski definition) is 1. The van der Waals surface area contributed by atoms with Crippen molar-refractivity contribution in [3.8, 4) is 5.69 Å². The molecule has 1 aliphatic rings. The molecule has 1 saturated heterocycles. The topological polar surface area (TPSA) is 67.2 Å². The second-order valence-electron chi connectivity index (χ2n) is 6.97.